The molecule has 0 aromatic carbocycles. The molecule has 6 fully saturated rings. The van der Waals surface area contributed by atoms with E-state index in [1.807, 2.05) is 28.2 Å². The van der Waals surface area contributed by atoms with Crippen LogP contribution in [0.4, 0.5) is 9.59 Å². The SMILES string of the molecule is CN(C)C(=O)NC1CC2CC1C1CCCC21.CN(C)C(=O)NC1CC2CC1C1CCCC21. The Kier molecular flexibility index (Phi) is 6.08. The van der Waals surface area contributed by atoms with Gasteiger partial charge in [-0.1, -0.05) is 12.8 Å². The number of carbonyl (C=O) groups excluding carboxylic acids is 2. The lowest BCUT2D eigenvalue weighted by atomic mass is 9.79. The topological polar surface area (TPSA) is 64.7 Å². The standard InChI is InChI=1S/2C13H22N2O/c2*1-15(2)13(16)14-12-7-8-6-11(12)10-5-3-4-9(8)10/h2*8-12H,3-7H2,1-2H3,(H,14,16). The highest BCUT2D eigenvalue weighted by molar-refractivity contribution is 5.74. The summed E-state index contributed by atoms with van der Waals surface area (Å²) >= 11 is 0. The summed E-state index contributed by atoms with van der Waals surface area (Å²) in [6.07, 6.45) is 13.9. The minimum absolute atomic E-state index is 0.0899. The highest BCUT2D eigenvalue weighted by Crippen LogP contribution is 2.59. The third-order valence-electron chi connectivity index (χ3n) is 10.3. The monoisotopic (exact) mass is 444 g/mol. The highest BCUT2D eigenvalue weighted by Gasteiger charge is 2.55. The van der Waals surface area contributed by atoms with E-state index in [1.54, 1.807) is 9.80 Å². The molecule has 0 spiro atoms. The van der Waals surface area contributed by atoms with Crippen molar-refractivity contribution in [3.05, 3.63) is 0 Å². The maximum Gasteiger partial charge on any atom is 0.317 e. The second-order valence-corrected chi connectivity index (χ2v) is 12.2. The second-order valence-electron chi connectivity index (χ2n) is 12.2. The molecule has 0 radical (unpaired) electrons. The second kappa shape index (κ2) is 8.72. The van der Waals surface area contributed by atoms with Crippen molar-refractivity contribution in [2.45, 2.75) is 76.3 Å². The summed E-state index contributed by atoms with van der Waals surface area (Å²) in [5.41, 5.74) is 0. The Morgan fingerprint density at radius 3 is 1.31 bits per heavy atom. The molecule has 6 nitrogen and oxygen atoms in total. The van der Waals surface area contributed by atoms with Crippen LogP contribution in [0.2, 0.25) is 0 Å². The van der Waals surface area contributed by atoms with Crippen LogP contribution < -0.4 is 10.6 Å². The first kappa shape index (κ1) is 22.3. The summed E-state index contributed by atoms with van der Waals surface area (Å²) in [6, 6.07) is 1.12. The number of nitrogens with one attached hydrogen (secondary N) is 2. The van der Waals surface area contributed by atoms with Gasteiger partial charge in [-0.05, 0) is 98.7 Å². The van der Waals surface area contributed by atoms with Gasteiger partial charge in [-0.3, -0.25) is 0 Å². The van der Waals surface area contributed by atoms with Crippen molar-refractivity contribution in [3.63, 3.8) is 0 Å². The maximum absolute atomic E-state index is 11.7. The van der Waals surface area contributed by atoms with Gasteiger partial charge < -0.3 is 20.4 Å². The summed E-state index contributed by atoms with van der Waals surface area (Å²) in [5, 5.41) is 6.42. The molecule has 10 unspecified atom stereocenters. The first-order chi connectivity index (χ1) is 15.3. The minimum Gasteiger partial charge on any atom is -0.335 e. The lowest BCUT2D eigenvalue weighted by Gasteiger charge is -2.32. The van der Waals surface area contributed by atoms with E-state index in [4.69, 9.17) is 0 Å². The Morgan fingerprint density at radius 2 is 0.938 bits per heavy atom. The van der Waals surface area contributed by atoms with Crippen LogP contribution in [0.5, 0.6) is 0 Å². The van der Waals surface area contributed by atoms with Crippen molar-refractivity contribution in [3.8, 4) is 0 Å². The third kappa shape index (κ3) is 3.90. The Balaban J connectivity index is 0.000000135. The fourth-order valence-corrected chi connectivity index (χ4v) is 9.04. The number of nitrogens with zero attached hydrogens (tertiary/aromatic N) is 2. The van der Waals surface area contributed by atoms with Gasteiger partial charge in [0, 0.05) is 40.3 Å². The number of fused-ring (bicyclic) bond motifs is 10. The predicted octanol–water partition coefficient (Wildman–Crippen LogP) is 4.16. The molecule has 10 atom stereocenters. The van der Waals surface area contributed by atoms with Gasteiger partial charge in [0.25, 0.3) is 0 Å². The molecule has 2 N–H and O–H groups in total. The molecule has 0 aromatic heterocycles. The van der Waals surface area contributed by atoms with Crippen molar-refractivity contribution < 1.29 is 9.59 Å². The fraction of sp³-hybridized carbons (Fsp3) is 0.923. The normalized spacial score (nSPS) is 44.5. The van der Waals surface area contributed by atoms with Crippen LogP contribution in [0.25, 0.3) is 0 Å². The number of rotatable bonds is 2. The Labute approximate surface area is 194 Å². The van der Waals surface area contributed by atoms with Gasteiger partial charge in [0.1, 0.15) is 0 Å². The lowest BCUT2D eigenvalue weighted by molar-refractivity contribution is 0.183. The van der Waals surface area contributed by atoms with Crippen molar-refractivity contribution in [1.29, 1.82) is 0 Å². The van der Waals surface area contributed by atoms with Gasteiger partial charge in [-0.15, -0.1) is 0 Å². The maximum atomic E-state index is 11.7. The largest absolute Gasteiger partial charge is 0.335 e. The summed E-state index contributed by atoms with van der Waals surface area (Å²) in [7, 11) is 7.28. The molecule has 6 rings (SSSR count). The van der Waals surface area contributed by atoms with Crippen LogP contribution in [-0.4, -0.2) is 62.1 Å². The number of amides is 4. The van der Waals surface area contributed by atoms with Crippen LogP contribution >= 0.6 is 0 Å². The average Bonchev–Trinajstić information content (AvgIpc) is 3.55. The van der Waals surface area contributed by atoms with Crippen molar-refractivity contribution >= 4 is 12.1 Å². The van der Waals surface area contributed by atoms with Crippen LogP contribution in [0.15, 0.2) is 0 Å². The van der Waals surface area contributed by atoms with Gasteiger partial charge in [0.15, 0.2) is 0 Å². The van der Waals surface area contributed by atoms with E-state index in [0.717, 1.165) is 47.3 Å². The van der Waals surface area contributed by atoms with Crippen LogP contribution in [0, 0.1) is 47.3 Å². The first-order valence-corrected chi connectivity index (χ1v) is 13.3. The molecule has 0 aliphatic heterocycles. The first-order valence-electron chi connectivity index (χ1n) is 13.3. The van der Waals surface area contributed by atoms with Crippen molar-refractivity contribution in [1.82, 2.24) is 20.4 Å². The predicted molar refractivity (Wildman–Crippen MR) is 126 cm³/mol. The molecular formula is C26H44N4O2. The number of urea groups is 2. The molecule has 0 heterocycles. The van der Waals surface area contributed by atoms with Crippen molar-refractivity contribution in [2.24, 2.45) is 47.3 Å². The summed E-state index contributed by atoms with van der Waals surface area (Å²) in [5.74, 6) is 7.32. The molecule has 180 valence electrons. The summed E-state index contributed by atoms with van der Waals surface area (Å²) in [6.45, 7) is 0. The fourth-order valence-electron chi connectivity index (χ4n) is 9.04. The average molecular weight is 445 g/mol. The lowest BCUT2D eigenvalue weighted by Crippen LogP contribution is -2.46. The summed E-state index contributed by atoms with van der Waals surface area (Å²) < 4.78 is 0. The zero-order chi connectivity index (χ0) is 22.6. The van der Waals surface area contributed by atoms with Crippen LogP contribution in [-0.2, 0) is 0 Å². The van der Waals surface area contributed by atoms with Crippen LogP contribution in [0.1, 0.15) is 64.2 Å². The molecule has 4 amide bonds. The molecule has 6 aliphatic carbocycles. The van der Waals surface area contributed by atoms with E-state index in [0.29, 0.717) is 12.1 Å². The Morgan fingerprint density at radius 1 is 0.562 bits per heavy atom. The van der Waals surface area contributed by atoms with E-state index in [-0.39, 0.29) is 12.1 Å². The van der Waals surface area contributed by atoms with Gasteiger partial charge in [0.05, 0.1) is 0 Å². The smallest absolute Gasteiger partial charge is 0.317 e. The van der Waals surface area contributed by atoms with Crippen molar-refractivity contribution in [2.75, 3.05) is 28.2 Å². The third-order valence-corrected chi connectivity index (χ3v) is 10.3. The van der Waals surface area contributed by atoms with E-state index >= 15 is 0 Å². The van der Waals surface area contributed by atoms with E-state index in [2.05, 4.69) is 10.6 Å². The van der Waals surface area contributed by atoms with Crippen LogP contribution in [0.3, 0.4) is 0 Å². The van der Waals surface area contributed by atoms with Gasteiger partial charge >= 0.3 is 12.1 Å². The highest BCUT2D eigenvalue weighted by atomic mass is 16.2. The molecular weight excluding hydrogens is 400 g/mol. The molecule has 6 saturated carbocycles. The molecule has 6 aliphatic rings. The zero-order valence-corrected chi connectivity index (χ0v) is 20.6. The molecule has 0 saturated heterocycles. The number of hydrogen-bond donors (Lipinski definition) is 2. The van der Waals surface area contributed by atoms with E-state index < -0.39 is 0 Å². The number of carbonyl (C=O) groups is 2. The summed E-state index contributed by atoms with van der Waals surface area (Å²) in [4.78, 5) is 26.7. The number of hydrogen-bond acceptors (Lipinski definition) is 2. The molecule has 4 bridgehead atoms. The Hall–Kier alpha value is -1.46. The van der Waals surface area contributed by atoms with E-state index in [9.17, 15) is 9.59 Å². The van der Waals surface area contributed by atoms with E-state index in [1.165, 1.54) is 64.2 Å². The minimum atomic E-state index is 0.0899. The molecule has 6 heteroatoms. The zero-order valence-electron chi connectivity index (χ0n) is 20.6. The molecule has 32 heavy (non-hydrogen) atoms. The Bertz CT molecular complexity index is 665. The molecule has 0 aromatic rings. The van der Waals surface area contributed by atoms with Gasteiger partial charge in [-0.2, -0.15) is 0 Å². The quantitative estimate of drug-likeness (QED) is 0.672. The van der Waals surface area contributed by atoms with Gasteiger partial charge in [0.2, 0.25) is 0 Å². The van der Waals surface area contributed by atoms with Gasteiger partial charge in [-0.25, -0.2) is 9.59 Å².